The van der Waals surface area contributed by atoms with Crippen LogP contribution in [0.2, 0.25) is 0 Å². The molecule has 0 radical (unpaired) electrons. The van der Waals surface area contributed by atoms with Gasteiger partial charge in [0, 0.05) is 0 Å². The molecule has 26 heavy (non-hydrogen) atoms. The minimum atomic E-state index is -4.31. The van der Waals surface area contributed by atoms with Gasteiger partial charge < -0.3 is 14.0 Å². The third kappa shape index (κ3) is 4.01. The molecule has 0 fully saturated rings. The molecular weight excluding hydrogens is 356 g/mol. The highest BCUT2D eigenvalue weighted by Crippen LogP contribution is 2.31. The molecule has 0 bridgehead atoms. The molecule has 0 aliphatic rings. The zero-order valence-electron chi connectivity index (χ0n) is 13.4. The van der Waals surface area contributed by atoms with Crippen LogP contribution in [0.5, 0.6) is 17.2 Å². The minimum Gasteiger partial charge on any atom is -0.478 e. The number of carbonyl (C=O) groups is 1. The largest absolute Gasteiger partial charge is 0.478 e. The second kappa shape index (κ2) is 7.28. The molecule has 3 aromatic rings. The van der Waals surface area contributed by atoms with E-state index < -0.39 is 16.1 Å². The van der Waals surface area contributed by atoms with E-state index in [-0.39, 0.29) is 22.0 Å². The number of hydrogen-bond donors (Lipinski definition) is 1. The van der Waals surface area contributed by atoms with E-state index >= 15 is 0 Å². The van der Waals surface area contributed by atoms with E-state index in [4.69, 9.17) is 14.0 Å². The number of benzene rings is 3. The summed E-state index contributed by atoms with van der Waals surface area (Å²) in [4.78, 5) is 10.9. The van der Waals surface area contributed by atoms with Crippen LogP contribution < -0.4 is 8.92 Å². The van der Waals surface area contributed by atoms with Crippen molar-refractivity contribution in [3.8, 4) is 17.2 Å². The van der Waals surface area contributed by atoms with E-state index in [2.05, 4.69) is 0 Å². The Morgan fingerprint density at radius 1 is 0.808 bits per heavy atom. The molecule has 7 heteroatoms. The number of rotatable bonds is 6. The summed E-state index contributed by atoms with van der Waals surface area (Å²) in [5.74, 6) is -0.768. The standard InChI is InChI=1S/C19H14O6S/c20-19(21)14-11-12-17(24-15-7-3-1-4-8-15)18(13-14)26(22,23)25-16-9-5-2-6-10-16/h1-13H,(H,20,21). The molecule has 3 rings (SSSR count). The topological polar surface area (TPSA) is 89.9 Å². The predicted octanol–water partition coefficient (Wildman–Crippen LogP) is 3.94. The zero-order chi connectivity index (χ0) is 18.6. The lowest BCUT2D eigenvalue weighted by Gasteiger charge is -2.13. The molecule has 0 saturated heterocycles. The normalized spacial score (nSPS) is 10.9. The molecule has 0 aromatic heterocycles. The van der Waals surface area contributed by atoms with Crippen LogP contribution in [0.3, 0.4) is 0 Å². The molecule has 0 unspecified atom stereocenters. The van der Waals surface area contributed by atoms with Crippen molar-refractivity contribution in [1.82, 2.24) is 0 Å². The predicted molar refractivity (Wildman–Crippen MR) is 94.2 cm³/mol. The summed E-state index contributed by atoms with van der Waals surface area (Å²) in [6.45, 7) is 0. The van der Waals surface area contributed by atoms with Crippen molar-refractivity contribution in [2.24, 2.45) is 0 Å². The van der Waals surface area contributed by atoms with Gasteiger partial charge in [-0.25, -0.2) is 4.79 Å². The first-order chi connectivity index (χ1) is 12.5. The molecule has 0 atom stereocenters. The fourth-order valence-electron chi connectivity index (χ4n) is 2.18. The first-order valence-corrected chi connectivity index (χ1v) is 8.96. The van der Waals surface area contributed by atoms with Gasteiger partial charge in [0.2, 0.25) is 0 Å². The smallest absolute Gasteiger partial charge is 0.342 e. The minimum absolute atomic E-state index is 0.0304. The summed E-state index contributed by atoms with van der Waals surface area (Å²) in [5, 5.41) is 9.17. The number of hydrogen-bond acceptors (Lipinski definition) is 5. The van der Waals surface area contributed by atoms with E-state index in [1.165, 1.54) is 24.3 Å². The average Bonchev–Trinajstić information content (AvgIpc) is 2.63. The van der Waals surface area contributed by atoms with Crippen molar-refractivity contribution >= 4 is 16.1 Å². The summed E-state index contributed by atoms with van der Waals surface area (Å²) in [6, 6.07) is 20.1. The molecule has 0 aliphatic heterocycles. The van der Waals surface area contributed by atoms with E-state index in [0.29, 0.717) is 5.75 Å². The van der Waals surface area contributed by atoms with Crippen LogP contribution in [0, 0.1) is 0 Å². The second-order valence-corrected chi connectivity index (χ2v) is 6.75. The lowest BCUT2D eigenvalue weighted by Crippen LogP contribution is -2.12. The van der Waals surface area contributed by atoms with Gasteiger partial charge in [-0.3, -0.25) is 0 Å². The molecule has 1 N–H and O–H groups in total. The molecule has 3 aromatic carbocycles. The Labute approximate surface area is 150 Å². The van der Waals surface area contributed by atoms with Crippen LogP contribution in [0.25, 0.3) is 0 Å². The van der Waals surface area contributed by atoms with Gasteiger partial charge in [0.25, 0.3) is 0 Å². The lowest BCUT2D eigenvalue weighted by atomic mass is 10.2. The molecule has 0 aliphatic carbocycles. The fraction of sp³-hybridized carbons (Fsp3) is 0. The van der Waals surface area contributed by atoms with Crippen molar-refractivity contribution in [3.05, 3.63) is 84.4 Å². The van der Waals surface area contributed by atoms with Gasteiger partial charge in [-0.1, -0.05) is 36.4 Å². The Morgan fingerprint density at radius 2 is 1.38 bits per heavy atom. The number of carboxylic acid groups (broad SMARTS) is 1. The molecule has 132 valence electrons. The summed E-state index contributed by atoms with van der Waals surface area (Å²) in [7, 11) is -4.31. The molecule has 0 spiro atoms. The van der Waals surface area contributed by atoms with E-state index in [1.807, 2.05) is 0 Å². The van der Waals surface area contributed by atoms with Gasteiger partial charge in [-0.2, -0.15) is 8.42 Å². The summed E-state index contributed by atoms with van der Waals surface area (Å²) >= 11 is 0. The Balaban J connectivity index is 2.04. The Bertz CT molecular complexity index is 1010. The summed E-state index contributed by atoms with van der Waals surface area (Å²) in [6.07, 6.45) is 0. The van der Waals surface area contributed by atoms with Gasteiger partial charge in [0.1, 0.15) is 22.1 Å². The van der Waals surface area contributed by atoms with Crippen molar-refractivity contribution in [2.75, 3.05) is 0 Å². The number of aromatic carboxylic acids is 1. The highest BCUT2D eigenvalue weighted by atomic mass is 32.2. The van der Waals surface area contributed by atoms with E-state index in [0.717, 1.165) is 6.07 Å². The van der Waals surface area contributed by atoms with Crippen molar-refractivity contribution in [1.29, 1.82) is 0 Å². The van der Waals surface area contributed by atoms with Crippen LogP contribution in [0.4, 0.5) is 0 Å². The van der Waals surface area contributed by atoms with Crippen LogP contribution in [0.15, 0.2) is 83.8 Å². The van der Waals surface area contributed by atoms with Gasteiger partial charge >= 0.3 is 16.1 Å². The maximum Gasteiger partial charge on any atom is 0.342 e. The van der Waals surface area contributed by atoms with Gasteiger partial charge in [-0.15, -0.1) is 0 Å². The third-order valence-corrected chi connectivity index (χ3v) is 4.65. The number of carboxylic acids is 1. The van der Waals surface area contributed by atoms with Crippen LogP contribution in [0.1, 0.15) is 10.4 Å². The van der Waals surface area contributed by atoms with Crippen LogP contribution >= 0.6 is 0 Å². The molecular formula is C19H14O6S. The highest BCUT2D eigenvalue weighted by Gasteiger charge is 2.24. The quantitative estimate of drug-likeness (QED) is 0.661. The third-order valence-electron chi connectivity index (χ3n) is 3.38. The van der Waals surface area contributed by atoms with Crippen LogP contribution in [-0.4, -0.2) is 19.5 Å². The summed E-state index contributed by atoms with van der Waals surface area (Å²) in [5.41, 5.74) is -0.194. The summed E-state index contributed by atoms with van der Waals surface area (Å²) < 4.78 is 36.1. The first-order valence-electron chi connectivity index (χ1n) is 7.55. The van der Waals surface area contributed by atoms with Crippen molar-refractivity contribution in [2.45, 2.75) is 4.90 Å². The second-order valence-electron chi connectivity index (χ2n) is 5.23. The van der Waals surface area contributed by atoms with Gasteiger partial charge in [0.15, 0.2) is 0 Å². The monoisotopic (exact) mass is 370 g/mol. The fourth-order valence-corrected chi connectivity index (χ4v) is 3.27. The zero-order valence-corrected chi connectivity index (χ0v) is 14.2. The first kappa shape index (κ1) is 17.5. The Kier molecular flexibility index (Phi) is 4.90. The maximum absolute atomic E-state index is 12.7. The Morgan fingerprint density at radius 3 is 1.96 bits per heavy atom. The SMILES string of the molecule is O=C(O)c1ccc(Oc2ccccc2)c(S(=O)(=O)Oc2ccccc2)c1. The molecule has 0 saturated carbocycles. The Hall–Kier alpha value is -3.32. The van der Waals surface area contributed by atoms with Crippen molar-refractivity contribution < 1.29 is 27.2 Å². The highest BCUT2D eigenvalue weighted by molar-refractivity contribution is 7.87. The van der Waals surface area contributed by atoms with E-state index in [9.17, 15) is 13.2 Å². The average molecular weight is 370 g/mol. The van der Waals surface area contributed by atoms with Gasteiger partial charge in [-0.05, 0) is 42.5 Å². The van der Waals surface area contributed by atoms with E-state index in [1.54, 1.807) is 48.5 Å². The molecule has 0 heterocycles. The van der Waals surface area contributed by atoms with Crippen LogP contribution in [-0.2, 0) is 10.1 Å². The van der Waals surface area contributed by atoms with Crippen molar-refractivity contribution in [3.63, 3.8) is 0 Å². The molecule has 6 nitrogen and oxygen atoms in total. The van der Waals surface area contributed by atoms with Gasteiger partial charge in [0.05, 0.1) is 5.56 Å². The maximum atomic E-state index is 12.7. The molecule has 0 amide bonds. The number of ether oxygens (including phenoxy) is 1. The number of para-hydroxylation sites is 2. The lowest BCUT2D eigenvalue weighted by molar-refractivity contribution is 0.0696.